The normalized spacial score (nSPS) is 12.0. The summed E-state index contributed by atoms with van der Waals surface area (Å²) < 4.78 is 32.2. The number of rotatable bonds is 5. The molecule has 0 bridgehead atoms. The third kappa shape index (κ3) is 4.40. The number of esters is 1. The third-order valence-electron chi connectivity index (χ3n) is 2.44. The molecule has 0 atom stereocenters. The molecule has 0 radical (unpaired) electrons. The average molecular weight is 307 g/mol. The molecule has 0 saturated carbocycles. The molecule has 0 fully saturated rings. The molecule has 7 heteroatoms. The molecule has 0 aliphatic heterocycles. The second kappa shape index (κ2) is 5.79. The van der Waals surface area contributed by atoms with Crippen LogP contribution in [0.15, 0.2) is 29.2 Å². The van der Waals surface area contributed by atoms with Crippen molar-refractivity contribution in [1.29, 1.82) is 0 Å². The summed E-state index contributed by atoms with van der Waals surface area (Å²) in [7, 11) is 2.76. The van der Waals surface area contributed by atoms with E-state index in [0.29, 0.717) is 5.75 Å². The Morgan fingerprint density at radius 1 is 1.26 bits per heavy atom. The minimum absolute atomic E-state index is 0.00579. The van der Waals surface area contributed by atoms with E-state index in [1.54, 1.807) is 13.8 Å². The van der Waals surface area contributed by atoms with E-state index < -0.39 is 14.5 Å². The Bertz CT molecular complexity index is 548. The van der Waals surface area contributed by atoms with E-state index in [2.05, 4.69) is 4.74 Å². The highest BCUT2D eigenvalue weighted by molar-refractivity contribution is 8.13. The topological polar surface area (TPSA) is 69.7 Å². The fourth-order valence-corrected chi connectivity index (χ4v) is 2.07. The lowest BCUT2D eigenvalue weighted by Gasteiger charge is -2.21. The van der Waals surface area contributed by atoms with Gasteiger partial charge in [-0.25, -0.2) is 8.42 Å². The maximum atomic E-state index is 11.4. The molecule has 0 spiro atoms. The molecular formula is C12H15ClO5S. The van der Waals surface area contributed by atoms with Crippen molar-refractivity contribution in [1.82, 2.24) is 0 Å². The van der Waals surface area contributed by atoms with Gasteiger partial charge in [0, 0.05) is 10.7 Å². The Hall–Kier alpha value is -1.27. The first kappa shape index (κ1) is 15.8. The van der Waals surface area contributed by atoms with Crippen molar-refractivity contribution < 1.29 is 22.7 Å². The molecule has 106 valence electrons. The van der Waals surface area contributed by atoms with Crippen molar-refractivity contribution in [3.63, 3.8) is 0 Å². The minimum Gasteiger partial charge on any atom is -0.492 e. The number of ether oxygens (including phenoxy) is 2. The van der Waals surface area contributed by atoms with Crippen LogP contribution in [0, 0.1) is 5.41 Å². The summed E-state index contributed by atoms with van der Waals surface area (Å²) in [5.41, 5.74) is -0.786. The average Bonchev–Trinajstić information content (AvgIpc) is 2.35. The van der Waals surface area contributed by atoms with Crippen molar-refractivity contribution in [3.8, 4) is 5.75 Å². The number of carbonyl (C=O) groups excluding carboxylic acids is 1. The maximum absolute atomic E-state index is 11.4. The van der Waals surface area contributed by atoms with Crippen LogP contribution >= 0.6 is 10.7 Å². The summed E-state index contributed by atoms with van der Waals surface area (Å²) in [5, 5.41) is 0. The monoisotopic (exact) mass is 306 g/mol. The fourth-order valence-electron chi connectivity index (χ4n) is 1.30. The SMILES string of the molecule is COC(=O)C(C)(C)COc1ccc(S(=O)(=O)Cl)cc1. The summed E-state index contributed by atoms with van der Waals surface area (Å²) in [6, 6.07) is 5.62. The lowest BCUT2D eigenvalue weighted by molar-refractivity contribution is -0.152. The lowest BCUT2D eigenvalue weighted by atomic mass is 9.95. The van der Waals surface area contributed by atoms with Gasteiger partial charge in [-0.05, 0) is 38.1 Å². The van der Waals surface area contributed by atoms with Crippen LogP contribution in [0.5, 0.6) is 5.75 Å². The molecule has 1 aromatic carbocycles. The molecule has 0 saturated heterocycles. The number of methoxy groups -OCH3 is 1. The first-order chi connectivity index (χ1) is 8.66. The fraction of sp³-hybridized carbons (Fsp3) is 0.417. The van der Waals surface area contributed by atoms with Gasteiger partial charge in [0.25, 0.3) is 9.05 Å². The van der Waals surface area contributed by atoms with Crippen LogP contribution in [0.1, 0.15) is 13.8 Å². The van der Waals surface area contributed by atoms with E-state index in [-0.39, 0.29) is 17.5 Å². The van der Waals surface area contributed by atoms with Crippen LogP contribution in [0.3, 0.4) is 0 Å². The van der Waals surface area contributed by atoms with Crippen molar-refractivity contribution in [3.05, 3.63) is 24.3 Å². The summed E-state index contributed by atoms with van der Waals surface area (Å²) >= 11 is 0. The maximum Gasteiger partial charge on any atom is 0.314 e. The molecule has 0 aliphatic rings. The lowest BCUT2D eigenvalue weighted by Crippen LogP contribution is -2.32. The standard InChI is InChI=1S/C12H15ClO5S/c1-12(2,11(14)17-3)8-18-9-4-6-10(7-5-9)19(13,15)16/h4-7H,8H2,1-3H3. The molecule has 0 heterocycles. The van der Waals surface area contributed by atoms with Crippen molar-refractivity contribution in [2.24, 2.45) is 5.41 Å². The van der Waals surface area contributed by atoms with Gasteiger partial charge in [0.1, 0.15) is 12.4 Å². The summed E-state index contributed by atoms with van der Waals surface area (Å²) in [6.45, 7) is 3.50. The van der Waals surface area contributed by atoms with Crippen LogP contribution in [0.25, 0.3) is 0 Å². The van der Waals surface area contributed by atoms with Crippen LogP contribution in [0.2, 0.25) is 0 Å². The number of hydrogen-bond acceptors (Lipinski definition) is 5. The minimum atomic E-state index is -3.74. The Kier molecular flexibility index (Phi) is 4.81. The first-order valence-electron chi connectivity index (χ1n) is 5.43. The third-order valence-corrected chi connectivity index (χ3v) is 3.81. The summed E-state index contributed by atoms with van der Waals surface area (Å²) in [6.07, 6.45) is 0. The van der Waals surface area contributed by atoms with Crippen molar-refractivity contribution in [2.45, 2.75) is 18.7 Å². The Morgan fingerprint density at radius 3 is 2.21 bits per heavy atom. The number of carbonyl (C=O) groups is 1. The van der Waals surface area contributed by atoms with Crippen LogP contribution < -0.4 is 4.74 Å². The highest BCUT2D eigenvalue weighted by Gasteiger charge is 2.29. The molecule has 5 nitrogen and oxygen atoms in total. The summed E-state index contributed by atoms with van der Waals surface area (Å²) in [5.74, 6) is 0.0634. The van der Waals surface area contributed by atoms with Crippen LogP contribution in [-0.2, 0) is 18.6 Å². The smallest absolute Gasteiger partial charge is 0.314 e. The highest BCUT2D eigenvalue weighted by Crippen LogP contribution is 2.22. The van der Waals surface area contributed by atoms with Gasteiger partial charge in [-0.2, -0.15) is 0 Å². The van der Waals surface area contributed by atoms with Crippen molar-refractivity contribution in [2.75, 3.05) is 13.7 Å². The second-order valence-corrected chi connectivity index (χ2v) is 7.14. The van der Waals surface area contributed by atoms with Gasteiger partial charge in [0.05, 0.1) is 17.4 Å². The molecule has 0 aromatic heterocycles. The van der Waals surface area contributed by atoms with Gasteiger partial charge >= 0.3 is 5.97 Å². The highest BCUT2D eigenvalue weighted by atomic mass is 35.7. The second-order valence-electron chi connectivity index (χ2n) is 4.57. The van der Waals surface area contributed by atoms with E-state index >= 15 is 0 Å². The van der Waals surface area contributed by atoms with Gasteiger partial charge in [0.2, 0.25) is 0 Å². The van der Waals surface area contributed by atoms with Crippen LogP contribution in [-0.4, -0.2) is 28.1 Å². The number of hydrogen-bond donors (Lipinski definition) is 0. The zero-order chi connectivity index (χ0) is 14.7. The predicted octanol–water partition coefficient (Wildman–Crippen LogP) is 2.19. The first-order valence-corrected chi connectivity index (χ1v) is 7.74. The van der Waals surface area contributed by atoms with Gasteiger partial charge in [0.15, 0.2) is 0 Å². The van der Waals surface area contributed by atoms with E-state index in [9.17, 15) is 13.2 Å². The van der Waals surface area contributed by atoms with E-state index in [4.69, 9.17) is 15.4 Å². The Labute approximate surface area is 116 Å². The quantitative estimate of drug-likeness (QED) is 0.616. The molecule has 0 aliphatic carbocycles. The van der Waals surface area contributed by atoms with Gasteiger partial charge in [-0.15, -0.1) is 0 Å². The molecule has 1 aromatic rings. The zero-order valence-corrected chi connectivity index (χ0v) is 12.4. The molecule has 19 heavy (non-hydrogen) atoms. The van der Waals surface area contributed by atoms with E-state index in [1.807, 2.05) is 0 Å². The molecule has 0 amide bonds. The Morgan fingerprint density at radius 2 is 1.79 bits per heavy atom. The zero-order valence-electron chi connectivity index (χ0n) is 10.8. The Balaban J connectivity index is 2.72. The summed E-state index contributed by atoms with van der Waals surface area (Å²) in [4.78, 5) is 11.4. The van der Waals surface area contributed by atoms with Gasteiger partial charge in [-0.1, -0.05) is 0 Å². The molecule has 0 N–H and O–H groups in total. The van der Waals surface area contributed by atoms with Crippen molar-refractivity contribution >= 4 is 25.7 Å². The largest absolute Gasteiger partial charge is 0.492 e. The van der Waals surface area contributed by atoms with E-state index in [1.165, 1.54) is 31.4 Å². The predicted molar refractivity (Wildman–Crippen MR) is 70.8 cm³/mol. The molecule has 0 unspecified atom stereocenters. The van der Waals surface area contributed by atoms with Gasteiger partial charge < -0.3 is 9.47 Å². The number of halogens is 1. The van der Waals surface area contributed by atoms with Gasteiger partial charge in [-0.3, -0.25) is 4.79 Å². The molecular weight excluding hydrogens is 292 g/mol. The van der Waals surface area contributed by atoms with E-state index in [0.717, 1.165) is 0 Å². The van der Waals surface area contributed by atoms with Crippen LogP contribution in [0.4, 0.5) is 0 Å². The number of benzene rings is 1. The molecule has 1 rings (SSSR count).